The average Bonchev–Trinajstić information content (AvgIpc) is 2.25. The van der Waals surface area contributed by atoms with Crippen LogP contribution in [-0.2, 0) is 0 Å². The minimum Gasteiger partial charge on any atom is -0.389 e. The van der Waals surface area contributed by atoms with Crippen molar-refractivity contribution < 1.29 is 0 Å². The molecule has 0 heterocycles. The first-order valence-corrected chi connectivity index (χ1v) is 5.78. The highest BCUT2D eigenvalue weighted by Crippen LogP contribution is 2.09. The minimum atomic E-state index is 0.451. The van der Waals surface area contributed by atoms with Crippen molar-refractivity contribution in [1.29, 1.82) is 0 Å². The van der Waals surface area contributed by atoms with Crippen LogP contribution in [-0.4, -0.2) is 11.5 Å². The third-order valence-corrected chi connectivity index (χ3v) is 2.51. The maximum absolute atomic E-state index is 5.51. The number of nitrogens with two attached hydrogens (primary N) is 1. The van der Waals surface area contributed by atoms with Crippen LogP contribution in [0.15, 0.2) is 24.3 Å². The average molecular weight is 222 g/mol. The number of unbranched alkanes of at least 4 members (excludes halogenated alkanes) is 2. The summed E-state index contributed by atoms with van der Waals surface area (Å²) < 4.78 is 0. The number of rotatable bonds is 6. The first kappa shape index (κ1) is 12.0. The number of hydrogen-bond donors (Lipinski definition) is 2. The second-order valence-corrected chi connectivity index (χ2v) is 4.02. The van der Waals surface area contributed by atoms with Crippen LogP contribution in [0.1, 0.15) is 31.7 Å². The number of hydrogen-bond acceptors (Lipinski definition) is 2. The van der Waals surface area contributed by atoms with E-state index in [-0.39, 0.29) is 0 Å². The summed E-state index contributed by atoms with van der Waals surface area (Å²) in [6.07, 6.45) is 3.74. The van der Waals surface area contributed by atoms with Gasteiger partial charge in [0.25, 0.3) is 0 Å². The number of thiocarbonyl (C=S) groups is 1. The molecule has 0 aliphatic rings. The van der Waals surface area contributed by atoms with Crippen LogP contribution < -0.4 is 11.1 Å². The van der Waals surface area contributed by atoms with Crippen LogP contribution in [0.3, 0.4) is 0 Å². The quantitative estimate of drug-likeness (QED) is 0.574. The maximum Gasteiger partial charge on any atom is 0.103 e. The van der Waals surface area contributed by atoms with Gasteiger partial charge < -0.3 is 11.1 Å². The Hall–Kier alpha value is -1.09. The van der Waals surface area contributed by atoms with E-state index in [1.807, 2.05) is 24.3 Å². The molecular weight excluding hydrogens is 204 g/mol. The van der Waals surface area contributed by atoms with Crippen molar-refractivity contribution in [1.82, 2.24) is 0 Å². The van der Waals surface area contributed by atoms with Gasteiger partial charge in [0.2, 0.25) is 0 Å². The molecule has 3 heteroatoms. The number of anilines is 1. The molecule has 0 aromatic heterocycles. The molecule has 0 amide bonds. The van der Waals surface area contributed by atoms with Gasteiger partial charge in [0.05, 0.1) is 0 Å². The van der Waals surface area contributed by atoms with Crippen LogP contribution in [0.25, 0.3) is 0 Å². The van der Waals surface area contributed by atoms with E-state index >= 15 is 0 Å². The summed E-state index contributed by atoms with van der Waals surface area (Å²) in [5.74, 6) is 0. The molecule has 0 radical (unpaired) electrons. The fourth-order valence-corrected chi connectivity index (χ4v) is 1.50. The fraction of sp³-hybridized carbons (Fsp3) is 0.417. The topological polar surface area (TPSA) is 38.0 Å². The van der Waals surface area contributed by atoms with Crippen LogP contribution in [0.5, 0.6) is 0 Å². The molecule has 0 saturated carbocycles. The van der Waals surface area contributed by atoms with E-state index in [9.17, 15) is 0 Å². The lowest BCUT2D eigenvalue weighted by molar-refractivity contribution is 0.744. The summed E-state index contributed by atoms with van der Waals surface area (Å²) in [5.41, 5.74) is 7.57. The molecule has 1 aromatic carbocycles. The van der Waals surface area contributed by atoms with E-state index in [4.69, 9.17) is 18.0 Å². The van der Waals surface area contributed by atoms with Gasteiger partial charge in [0.1, 0.15) is 4.99 Å². The maximum atomic E-state index is 5.51. The van der Waals surface area contributed by atoms with Crippen molar-refractivity contribution in [2.24, 2.45) is 5.73 Å². The lowest BCUT2D eigenvalue weighted by atomic mass is 10.2. The van der Waals surface area contributed by atoms with Crippen LogP contribution >= 0.6 is 12.2 Å². The van der Waals surface area contributed by atoms with Crippen molar-refractivity contribution in [3.05, 3.63) is 29.8 Å². The summed E-state index contributed by atoms with van der Waals surface area (Å²) in [6, 6.07) is 7.93. The predicted octanol–water partition coefficient (Wildman–Crippen LogP) is 2.92. The van der Waals surface area contributed by atoms with E-state index in [1.165, 1.54) is 19.3 Å². The second-order valence-electron chi connectivity index (χ2n) is 3.58. The molecule has 82 valence electrons. The molecular formula is C12H18N2S. The van der Waals surface area contributed by atoms with Crippen LogP contribution in [0, 0.1) is 0 Å². The van der Waals surface area contributed by atoms with Gasteiger partial charge in [-0.05, 0) is 30.7 Å². The molecule has 15 heavy (non-hydrogen) atoms. The molecule has 0 unspecified atom stereocenters. The second kappa shape index (κ2) is 6.40. The Morgan fingerprint density at radius 1 is 1.27 bits per heavy atom. The molecule has 2 nitrogen and oxygen atoms in total. The van der Waals surface area contributed by atoms with Crippen LogP contribution in [0.2, 0.25) is 0 Å². The standard InChI is InChI=1S/C12H18N2S/c1-2-3-4-9-14-11-7-5-10(6-8-11)12(13)15/h5-8,14H,2-4,9H2,1H3,(H2,13,15). The smallest absolute Gasteiger partial charge is 0.103 e. The molecule has 0 aliphatic carbocycles. The van der Waals surface area contributed by atoms with Gasteiger partial charge in [-0.3, -0.25) is 0 Å². The van der Waals surface area contributed by atoms with Crippen molar-refractivity contribution >= 4 is 22.9 Å². The fourth-order valence-electron chi connectivity index (χ4n) is 1.36. The zero-order valence-electron chi connectivity index (χ0n) is 9.12. The van der Waals surface area contributed by atoms with Gasteiger partial charge in [-0.15, -0.1) is 0 Å². The number of benzene rings is 1. The lowest BCUT2D eigenvalue weighted by Gasteiger charge is -2.06. The Morgan fingerprint density at radius 2 is 1.93 bits per heavy atom. The Bertz CT molecular complexity index is 306. The summed E-state index contributed by atoms with van der Waals surface area (Å²) >= 11 is 4.88. The monoisotopic (exact) mass is 222 g/mol. The highest BCUT2D eigenvalue weighted by atomic mass is 32.1. The summed E-state index contributed by atoms with van der Waals surface area (Å²) in [4.78, 5) is 0.451. The molecule has 3 N–H and O–H groups in total. The van der Waals surface area contributed by atoms with Crippen molar-refractivity contribution in [2.75, 3.05) is 11.9 Å². The van der Waals surface area contributed by atoms with Gasteiger partial charge in [0.15, 0.2) is 0 Å². The van der Waals surface area contributed by atoms with E-state index in [0.29, 0.717) is 4.99 Å². The molecule has 0 saturated heterocycles. The first-order valence-electron chi connectivity index (χ1n) is 5.37. The summed E-state index contributed by atoms with van der Waals surface area (Å²) in [7, 11) is 0. The first-order chi connectivity index (χ1) is 7.24. The predicted molar refractivity (Wildman–Crippen MR) is 70.3 cm³/mol. The van der Waals surface area contributed by atoms with Gasteiger partial charge in [-0.1, -0.05) is 32.0 Å². The molecule has 0 bridgehead atoms. The van der Waals surface area contributed by atoms with Gasteiger partial charge in [-0.25, -0.2) is 0 Å². The highest BCUT2D eigenvalue weighted by molar-refractivity contribution is 7.80. The van der Waals surface area contributed by atoms with Crippen LogP contribution in [0.4, 0.5) is 5.69 Å². The summed E-state index contributed by atoms with van der Waals surface area (Å²) in [5, 5.41) is 3.36. The molecule has 0 spiro atoms. The molecule has 1 aromatic rings. The highest BCUT2D eigenvalue weighted by Gasteiger charge is 1.95. The van der Waals surface area contributed by atoms with Gasteiger partial charge >= 0.3 is 0 Å². The molecule has 0 atom stereocenters. The third kappa shape index (κ3) is 4.30. The van der Waals surface area contributed by atoms with Gasteiger partial charge in [0, 0.05) is 17.8 Å². The number of nitrogens with one attached hydrogen (secondary N) is 1. The van der Waals surface area contributed by atoms with Gasteiger partial charge in [-0.2, -0.15) is 0 Å². The van der Waals surface area contributed by atoms with E-state index in [0.717, 1.165) is 17.8 Å². The van der Waals surface area contributed by atoms with E-state index in [1.54, 1.807) is 0 Å². The Balaban J connectivity index is 2.39. The zero-order chi connectivity index (χ0) is 11.1. The molecule has 0 aliphatic heterocycles. The Morgan fingerprint density at radius 3 is 2.47 bits per heavy atom. The Labute approximate surface area is 96.9 Å². The lowest BCUT2D eigenvalue weighted by Crippen LogP contribution is -2.09. The zero-order valence-corrected chi connectivity index (χ0v) is 9.94. The Kier molecular flexibility index (Phi) is 5.12. The van der Waals surface area contributed by atoms with E-state index < -0.39 is 0 Å². The third-order valence-electron chi connectivity index (χ3n) is 2.28. The summed E-state index contributed by atoms with van der Waals surface area (Å²) in [6.45, 7) is 3.23. The van der Waals surface area contributed by atoms with Crippen molar-refractivity contribution in [2.45, 2.75) is 26.2 Å². The van der Waals surface area contributed by atoms with E-state index in [2.05, 4.69) is 12.2 Å². The normalized spacial score (nSPS) is 9.93. The molecule has 0 fully saturated rings. The van der Waals surface area contributed by atoms with Crippen molar-refractivity contribution in [3.8, 4) is 0 Å². The largest absolute Gasteiger partial charge is 0.389 e. The minimum absolute atomic E-state index is 0.451. The van der Waals surface area contributed by atoms with Crippen molar-refractivity contribution in [3.63, 3.8) is 0 Å². The SMILES string of the molecule is CCCCCNc1ccc(C(N)=S)cc1. The molecule has 1 rings (SSSR count).